The van der Waals surface area contributed by atoms with Crippen molar-refractivity contribution in [1.82, 2.24) is 9.97 Å². The van der Waals surface area contributed by atoms with E-state index < -0.39 is 0 Å². The summed E-state index contributed by atoms with van der Waals surface area (Å²) in [7, 11) is 1.68. The molecule has 0 saturated heterocycles. The molecule has 1 N–H and O–H groups in total. The SMILES string of the molecule is COCCSc1nc2sc3c(c2c(=O)[nH]1)CCC(C)C3. The van der Waals surface area contributed by atoms with Crippen molar-refractivity contribution in [2.24, 2.45) is 5.92 Å². The number of thioether (sulfide) groups is 1. The Morgan fingerprint density at radius 3 is 3.20 bits per heavy atom. The number of hydrogen-bond acceptors (Lipinski definition) is 5. The molecule has 108 valence electrons. The Morgan fingerprint density at radius 1 is 1.55 bits per heavy atom. The molecule has 1 aliphatic rings. The number of nitrogens with zero attached hydrogens (tertiary/aromatic N) is 1. The fourth-order valence-electron chi connectivity index (χ4n) is 2.62. The number of nitrogens with one attached hydrogen (secondary N) is 1. The summed E-state index contributed by atoms with van der Waals surface area (Å²) in [6, 6.07) is 0. The highest BCUT2D eigenvalue weighted by Gasteiger charge is 2.22. The van der Waals surface area contributed by atoms with Gasteiger partial charge >= 0.3 is 0 Å². The van der Waals surface area contributed by atoms with Crippen molar-refractivity contribution in [3.63, 3.8) is 0 Å². The highest BCUT2D eigenvalue weighted by Crippen LogP contribution is 2.36. The lowest BCUT2D eigenvalue weighted by molar-refractivity contribution is 0.218. The Bertz CT molecular complexity index is 678. The quantitative estimate of drug-likeness (QED) is 0.536. The first-order valence-electron chi connectivity index (χ1n) is 6.85. The van der Waals surface area contributed by atoms with Crippen LogP contribution in [-0.2, 0) is 17.6 Å². The lowest BCUT2D eigenvalue weighted by Crippen LogP contribution is -2.13. The Morgan fingerprint density at radius 2 is 2.40 bits per heavy atom. The number of aryl methyl sites for hydroxylation is 1. The Balaban J connectivity index is 1.98. The average molecular weight is 310 g/mol. The summed E-state index contributed by atoms with van der Waals surface area (Å²) in [5.74, 6) is 1.51. The Hall–Kier alpha value is -0.850. The first-order valence-corrected chi connectivity index (χ1v) is 8.65. The van der Waals surface area contributed by atoms with Gasteiger partial charge < -0.3 is 9.72 Å². The fraction of sp³-hybridized carbons (Fsp3) is 0.571. The largest absolute Gasteiger partial charge is 0.384 e. The normalized spacial score (nSPS) is 18.4. The number of H-pyrrole nitrogens is 1. The second-order valence-corrected chi connectivity index (χ2v) is 7.41. The smallest absolute Gasteiger partial charge is 0.260 e. The highest BCUT2D eigenvalue weighted by atomic mass is 32.2. The number of ether oxygens (including phenoxy) is 1. The molecule has 0 fully saturated rings. The minimum atomic E-state index is 0.0157. The molecule has 0 amide bonds. The second-order valence-electron chi connectivity index (χ2n) is 5.24. The summed E-state index contributed by atoms with van der Waals surface area (Å²) in [4.78, 5) is 22.1. The Kier molecular flexibility index (Phi) is 4.14. The van der Waals surface area contributed by atoms with Gasteiger partial charge in [-0.25, -0.2) is 4.98 Å². The zero-order valence-corrected chi connectivity index (χ0v) is 13.3. The topological polar surface area (TPSA) is 55.0 Å². The van der Waals surface area contributed by atoms with Crippen LogP contribution in [0, 0.1) is 5.92 Å². The molecule has 0 bridgehead atoms. The summed E-state index contributed by atoms with van der Waals surface area (Å²) in [5, 5.41) is 1.53. The van der Waals surface area contributed by atoms with Gasteiger partial charge in [0.2, 0.25) is 0 Å². The lowest BCUT2D eigenvalue weighted by atomic mass is 9.89. The molecule has 3 rings (SSSR count). The van der Waals surface area contributed by atoms with Gasteiger partial charge in [-0.2, -0.15) is 0 Å². The molecule has 4 nitrogen and oxygen atoms in total. The van der Waals surface area contributed by atoms with Gasteiger partial charge in [0.15, 0.2) is 5.16 Å². The van der Waals surface area contributed by atoms with Crippen LogP contribution in [0.15, 0.2) is 9.95 Å². The first kappa shape index (κ1) is 14.1. The maximum atomic E-state index is 12.3. The van der Waals surface area contributed by atoms with Crippen LogP contribution in [-0.4, -0.2) is 29.4 Å². The van der Waals surface area contributed by atoms with Crippen LogP contribution in [0.5, 0.6) is 0 Å². The molecule has 1 aliphatic carbocycles. The third kappa shape index (κ3) is 2.64. The molecule has 2 aromatic rings. The number of fused-ring (bicyclic) bond motifs is 3. The van der Waals surface area contributed by atoms with Crippen molar-refractivity contribution >= 4 is 33.3 Å². The van der Waals surface area contributed by atoms with Crippen molar-refractivity contribution in [2.45, 2.75) is 31.3 Å². The highest BCUT2D eigenvalue weighted by molar-refractivity contribution is 7.99. The van der Waals surface area contributed by atoms with Crippen LogP contribution >= 0.6 is 23.1 Å². The molecule has 1 atom stereocenters. The van der Waals surface area contributed by atoms with Gasteiger partial charge in [-0.3, -0.25) is 4.79 Å². The summed E-state index contributed by atoms with van der Waals surface area (Å²) in [6.07, 6.45) is 3.27. The van der Waals surface area contributed by atoms with Crippen molar-refractivity contribution in [3.05, 3.63) is 20.8 Å². The monoisotopic (exact) mass is 310 g/mol. The van der Waals surface area contributed by atoms with E-state index in [1.807, 2.05) is 0 Å². The molecule has 2 heterocycles. The number of methoxy groups -OCH3 is 1. The Labute approximate surface area is 126 Å². The third-order valence-corrected chi connectivity index (χ3v) is 5.66. The first-order chi connectivity index (χ1) is 9.69. The molecule has 0 aliphatic heterocycles. The van der Waals surface area contributed by atoms with Crippen LogP contribution < -0.4 is 5.56 Å². The number of aromatic nitrogens is 2. The van der Waals surface area contributed by atoms with Gasteiger partial charge in [-0.05, 0) is 30.7 Å². The van der Waals surface area contributed by atoms with Gasteiger partial charge in [-0.15, -0.1) is 11.3 Å². The molecule has 20 heavy (non-hydrogen) atoms. The van der Waals surface area contributed by atoms with E-state index in [-0.39, 0.29) is 5.56 Å². The van der Waals surface area contributed by atoms with Crippen LogP contribution in [0.3, 0.4) is 0 Å². The van der Waals surface area contributed by atoms with Crippen LogP contribution in [0.1, 0.15) is 23.8 Å². The van der Waals surface area contributed by atoms with E-state index in [2.05, 4.69) is 16.9 Å². The van der Waals surface area contributed by atoms with Gasteiger partial charge in [0.1, 0.15) is 4.83 Å². The minimum absolute atomic E-state index is 0.0157. The molecule has 1 unspecified atom stereocenters. The number of aromatic amines is 1. The summed E-state index contributed by atoms with van der Waals surface area (Å²) in [6.45, 7) is 2.93. The predicted molar refractivity (Wildman–Crippen MR) is 84.0 cm³/mol. The second kappa shape index (κ2) is 5.87. The van der Waals surface area contributed by atoms with E-state index in [1.165, 1.54) is 28.6 Å². The van der Waals surface area contributed by atoms with Gasteiger partial charge in [0.05, 0.1) is 12.0 Å². The van der Waals surface area contributed by atoms with Crippen molar-refractivity contribution in [1.29, 1.82) is 0 Å². The minimum Gasteiger partial charge on any atom is -0.384 e. The van der Waals surface area contributed by atoms with E-state index in [1.54, 1.807) is 18.4 Å². The fourth-order valence-corrected chi connectivity index (χ4v) is 4.82. The van der Waals surface area contributed by atoms with E-state index in [0.717, 1.165) is 28.8 Å². The zero-order chi connectivity index (χ0) is 14.1. The molecule has 0 spiro atoms. The lowest BCUT2D eigenvalue weighted by Gasteiger charge is -2.17. The molecule has 0 saturated carbocycles. The van der Waals surface area contributed by atoms with E-state index in [4.69, 9.17) is 4.74 Å². The average Bonchev–Trinajstić information content (AvgIpc) is 2.76. The molecular formula is C14H18N2O2S2. The van der Waals surface area contributed by atoms with Gasteiger partial charge in [-0.1, -0.05) is 18.7 Å². The molecular weight excluding hydrogens is 292 g/mol. The third-order valence-electron chi connectivity index (χ3n) is 3.67. The van der Waals surface area contributed by atoms with E-state index >= 15 is 0 Å². The molecule has 2 aromatic heterocycles. The van der Waals surface area contributed by atoms with Crippen LogP contribution in [0.25, 0.3) is 10.2 Å². The maximum Gasteiger partial charge on any atom is 0.260 e. The van der Waals surface area contributed by atoms with Crippen LogP contribution in [0.2, 0.25) is 0 Å². The number of hydrogen-bond donors (Lipinski definition) is 1. The summed E-state index contributed by atoms with van der Waals surface area (Å²) in [5.41, 5.74) is 1.26. The maximum absolute atomic E-state index is 12.3. The number of thiophene rings is 1. The summed E-state index contributed by atoms with van der Waals surface area (Å²) >= 11 is 3.23. The van der Waals surface area contributed by atoms with Gasteiger partial charge in [0.25, 0.3) is 5.56 Å². The van der Waals surface area contributed by atoms with E-state index in [9.17, 15) is 4.79 Å². The van der Waals surface area contributed by atoms with E-state index in [0.29, 0.717) is 17.7 Å². The van der Waals surface area contributed by atoms with Gasteiger partial charge in [0, 0.05) is 17.7 Å². The standard InChI is InChI=1S/C14H18N2O2S2/c1-8-3-4-9-10(7-8)20-13-11(9)12(17)15-14(16-13)19-6-5-18-2/h8H,3-7H2,1-2H3,(H,15,16,17). The molecule has 6 heteroatoms. The number of rotatable bonds is 4. The predicted octanol–water partition coefficient (Wildman–Crippen LogP) is 2.85. The molecule has 0 aromatic carbocycles. The van der Waals surface area contributed by atoms with Crippen molar-refractivity contribution < 1.29 is 4.74 Å². The summed E-state index contributed by atoms with van der Waals surface area (Å²) < 4.78 is 5.02. The van der Waals surface area contributed by atoms with Crippen molar-refractivity contribution in [2.75, 3.05) is 19.5 Å². The zero-order valence-electron chi connectivity index (χ0n) is 11.7. The molecule has 0 radical (unpaired) electrons. The van der Waals surface area contributed by atoms with Crippen molar-refractivity contribution in [3.8, 4) is 0 Å². The van der Waals surface area contributed by atoms with Crippen LogP contribution in [0.4, 0.5) is 0 Å².